The second-order valence-corrected chi connectivity index (χ2v) is 5.26. The highest BCUT2D eigenvalue weighted by Crippen LogP contribution is 2.36. The van der Waals surface area contributed by atoms with Crippen LogP contribution in [0.3, 0.4) is 0 Å². The number of nitrogens with two attached hydrogens (primary N) is 1. The fourth-order valence-electron chi connectivity index (χ4n) is 1.88. The van der Waals surface area contributed by atoms with Crippen LogP contribution in [0.2, 0.25) is 10.0 Å². The molecule has 3 N–H and O–H groups in total. The lowest BCUT2D eigenvalue weighted by Gasteiger charge is -2.16. The summed E-state index contributed by atoms with van der Waals surface area (Å²) in [6.07, 6.45) is -4.76. The molecule has 0 saturated heterocycles. The van der Waals surface area contributed by atoms with Crippen molar-refractivity contribution in [1.82, 2.24) is 0 Å². The molecule has 3 nitrogen and oxygen atoms in total. The fraction of sp³-hybridized carbons (Fsp3) is 0.143. The minimum atomic E-state index is -4.76. The number of alkyl halides is 3. The zero-order valence-electron chi connectivity index (χ0n) is 10.9. The molecule has 0 saturated carbocycles. The number of benzene rings is 2. The highest BCUT2D eigenvalue weighted by molar-refractivity contribution is 6.35. The predicted molar refractivity (Wildman–Crippen MR) is 77.3 cm³/mol. The molecule has 0 spiro atoms. The smallest absolute Gasteiger partial charge is 0.506 e. The first-order valence-corrected chi connectivity index (χ1v) is 6.72. The molecule has 0 radical (unpaired) electrons. The van der Waals surface area contributed by atoms with E-state index in [0.29, 0.717) is 5.56 Å². The summed E-state index contributed by atoms with van der Waals surface area (Å²) in [6, 6.07) is 6.97. The summed E-state index contributed by atoms with van der Waals surface area (Å²) in [7, 11) is 0. The van der Waals surface area contributed by atoms with Gasteiger partial charge in [-0.25, -0.2) is 0 Å². The summed E-state index contributed by atoms with van der Waals surface area (Å²) in [5.41, 5.74) is 6.72. The van der Waals surface area contributed by atoms with Crippen LogP contribution in [0.4, 0.5) is 13.2 Å². The summed E-state index contributed by atoms with van der Waals surface area (Å²) in [5, 5.41) is 10.2. The molecule has 0 aliphatic carbocycles. The Labute approximate surface area is 134 Å². The van der Waals surface area contributed by atoms with Crippen molar-refractivity contribution >= 4 is 23.2 Å². The van der Waals surface area contributed by atoms with Crippen LogP contribution in [0.1, 0.15) is 17.2 Å². The summed E-state index contributed by atoms with van der Waals surface area (Å²) in [6.45, 7) is 0. The van der Waals surface area contributed by atoms with Crippen molar-refractivity contribution in [1.29, 1.82) is 0 Å². The van der Waals surface area contributed by atoms with Gasteiger partial charge in [0.1, 0.15) is 11.5 Å². The number of ether oxygens (including phenoxy) is 1. The highest BCUT2D eigenvalue weighted by Gasteiger charge is 2.31. The molecule has 2 aromatic rings. The van der Waals surface area contributed by atoms with Gasteiger partial charge in [-0.3, -0.25) is 0 Å². The van der Waals surface area contributed by atoms with E-state index in [9.17, 15) is 18.3 Å². The Bertz CT molecular complexity index is 675. The van der Waals surface area contributed by atoms with E-state index in [0.717, 1.165) is 12.1 Å². The first-order valence-electron chi connectivity index (χ1n) is 5.96. The summed E-state index contributed by atoms with van der Waals surface area (Å²) in [5.74, 6) is -0.592. The molecule has 0 unspecified atom stereocenters. The molecule has 0 amide bonds. The van der Waals surface area contributed by atoms with Crippen molar-refractivity contribution in [2.24, 2.45) is 5.73 Å². The van der Waals surface area contributed by atoms with E-state index in [-0.39, 0.29) is 27.1 Å². The molecular weight excluding hydrogens is 342 g/mol. The van der Waals surface area contributed by atoms with E-state index >= 15 is 0 Å². The average Bonchev–Trinajstić information content (AvgIpc) is 2.41. The monoisotopic (exact) mass is 351 g/mol. The summed E-state index contributed by atoms with van der Waals surface area (Å²) < 4.78 is 40.1. The number of phenolic OH excluding ortho intramolecular Hbond substituents is 1. The lowest BCUT2D eigenvalue weighted by Crippen LogP contribution is -2.17. The van der Waals surface area contributed by atoms with Crippen LogP contribution in [0.5, 0.6) is 11.5 Å². The van der Waals surface area contributed by atoms with E-state index < -0.39 is 12.4 Å². The Morgan fingerprint density at radius 2 is 1.68 bits per heavy atom. The van der Waals surface area contributed by atoms with Crippen molar-refractivity contribution < 1.29 is 23.0 Å². The van der Waals surface area contributed by atoms with Crippen LogP contribution in [-0.4, -0.2) is 11.5 Å². The van der Waals surface area contributed by atoms with Crippen molar-refractivity contribution in [2.75, 3.05) is 0 Å². The Morgan fingerprint density at radius 1 is 1.09 bits per heavy atom. The van der Waals surface area contributed by atoms with Gasteiger partial charge in [0, 0.05) is 10.6 Å². The molecule has 0 aliphatic rings. The van der Waals surface area contributed by atoms with Gasteiger partial charge in [-0.1, -0.05) is 35.3 Å². The Kier molecular flexibility index (Phi) is 4.75. The number of halogens is 5. The van der Waals surface area contributed by atoms with Gasteiger partial charge in [-0.05, 0) is 29.8 Å². The number of rotatable bonds is 3. The predicted octanol–water partition coefficient (Wildman–Crippen LogP) is 4.65. The van der Waals surface area contributed by atoms with Crippen LogP contribution >= 0.6 is 23.2 Å². The number of hydrogen-bond donors (Lipinski definition) is 2. The molecule has 1 atom stereocenters. The van der Waals surface area contributed by atoms with Crippen molar-refractivity contribution in [3.05, 3.63) is 57.6 Å². The van der Waals surface area contributed by atoms with E-state index in [1.807, 2.05) is 0 Å². The molecule has 0 heterocycles. The Morgan fingerprint density at radius 3 is 2.23 bits per heavy atom. The van der Waals surface area contributed by atoms with Gasteiger partial charge in [0.05, 0.1) is 11.1 Å². The first-order chi connectivity index (χ1) is 10.2. The van der Waals surface area contributed by atoms with E-state index in [1.54, 1.807) is 0 Å². The molecule has 0 aliphatic heterocycles. The van der Waals surface area contributed by atoms with Gasteiger partial charge in [-0.2, -0.15) is 0 Å². The summed E-state index contributed by atoms with van der Waals surface area (Å²) in [4.78, 5) is 0. The van der Waals surface area contributed by atoms with Crippen LogP contribution in [0, 0.1) is 0 Å². The standard InChI is InChI=1S/C14H10Cl2F3NO2/c15-8-5-10(13(21)11(16)6-8)12(20)7-1-3-9(4-2-7)22-14(17,18)19/h1-6,12,21H,20H2/t12-/m0/s1. The van der Waals surface area contributed by atoms with Crippen molar-refractivity contribution in [3.63, 3.8) is 0 Å². The molecule has 2 aromatic carbocycles. The summed E-state index contributed by atoms with van der Waals surface area (Å²) >= 11 is 11.7. The van der Waals surface area contributed by atoms with Gasteiger partial charge in [0.2, 0.25) is 0 Å². The lowest BCUT2D eigenvalue weighted by atomic mass is 9.98. The molecule has 0 fully saturated rings. The third kappa shape index (κ3) is 3.97. The average molecular weight is 352 g/mol. The molecule has 0 aromatic heterocycles. The molecule has 0 bridgehead atoms. The minimum Gasteiger partial charge on any atom is -0.506 e. The van der Waals surface area contributed by atoms with Gasteiger partial charge in [-0.15, -0.1) is 13.2 Å². The van der Waals surface area contributed by atoms with Crippen molar-refractivity contribution in [3.8, 4) is 11.5 Å². The van der Waals surface area contributed by atoms with Crippen molar-refractivity contribution in [2.45, 2.75) is 12.4 Å². The van der Waals surface area contributed by atoms with Gasteiger partial charge in [0.25, 0.3) is 0 Å². The largest absolute Gasteiger partial charge is 0.573 e. The minimum absolute atomic E-state index is 0.0370. The fourth-order valence-corrected chi connectivity index (χ4v) is 2.39. The zero-order valence-corrected chi connectivity index (χ0v) is 12.4. The van der Waals surface area contributed by atoms with Crippen LogP contribution < -0.4 is 10.5 Å². The maximum Gasteiger partial charge on any atom is 0.573 e. The van der Waals surface area contributed by atoms with E-state index in [2.05, 4.69) is 4.74 Å². The van der Waals surface area contributed by atoms with Crippen LogP contribution in [0.25, 0.3) is 0 Å². The molecule has 22 heavy (non-hydrogen) atoms. The van der Waals surface area contributed by atoms with Crippen LogP contribution in [-0.2, 0) is 0 Å². The maximum absolute atomic E-state index is 12.1. The third-order valence-electron chi connectivity index (χ3n) is 2.87. The Balaban J connectivity index is 2.29. The quantitative estimate of drug-likeness (QED) is 0.846. The highest BCUT2D eigenvalue weighted by atomic mass is 35.5. The van der Waals surface area contributed by atoms with E-state index in [1.165, 1.54) is 24.3 Å². The lowest BCUT2D eigenvalue weighted by molar-refractivity contribution is -0.274. The molecule has 118 valence electrons. The van der Waals surface area contributed by atoms with Gasteiger partial charge >= 0.3 is 6.36 Å². The second-order valence-electron chi connectivity index (χ2n) is 4.42. The zero-order chi connectivity index (χ0) is 16.5. The van der Waals surface area contributed by atoms with E-state index in [4.69, 9.17) is 28.9 Å². The maximum atomic E-state index is 12.1. The van der Waals surface area contributed by atoms with Gasteiger partial charge in [0.15, 0.2) is 0 Å². The molecular formula is C14H10Cl2F3NO2. The normalized spacial score (nSPS) is 13.0. The third-order valence-corrected chi connectivity index (χ3v) is 3.37. The second kappa shape index (κ2) is 6.24. The Hall–Kier alpha value is -1.63. The number of phenols is 1. The SMILES string of the molecule is N[C@@H](c1ccc(OC(F)(F)F)cc1)c1cc(Cl)cc(Cl)c1O. The number of aromatic hydroxyl groups is 1. The van der Waals surface area contributed by atoms with Crippen LogP contribution in [0.15, 0.2) is 36.4 Å². The number of hydrogen-bond acceptors (Lipinski definition) is 3. The molecule has 8 heteroatoms. The first kappa shape index (κ1) is 16.7. The molecule has 2 rings (SSSR count). The van der Waals surface area contributed by atoms with Gasteiger partial charge < -0.3 is 15.6 Å². The topological polar surface area (TPSA) is 55.5 Å².